The van der Waals surface area contributed by atoms with E-state index in [0.29, 0.717) is 25.3 Å². The number of amides is 1. The number of nitrogens with zero attached hydrogens (tertiary/aromatic N) is 2. The lowest BCUT2D eigenvalue weighted by Crippen LogP contribution is -2.39. The third kappa shape index (κ3) is 2.96. The van der Waals surface area contributed by atoms with Crippen LogP contribution in [0.3, 0.4) is 0 Å². The summed E-state index contributed by atoms with van der Waals surface area (Å²) in [5.41, 5.74) is 3.39. The maximum absolute atomic E-state index is 14.0. The second-order valence-electron chi connectivity index (χ2n) is 6.73. The number of halogens is 1. The number of benzene rings is 1. The molecule has 1 atom stereocenters. The van der Waals surface area contributed by atoms with Gasteiger partial charge in [-0.2, -0.15) is 5.10 Å². The number of rotatable bonds is 3. The Bertz CT molecular complexity index is 820. The first kappa shape index (κ1) is 17.0. The van der Waals surface area contributed by atoms with Gasteiger partial charge in [-0.15, -0.1) is 0 Å². The van der Waals surface area contributed by atoms with Crippen molar-refractivity contribution in [3.05, 3.63) is 46.5 Å². The van der Waals surface area contributed by atoms with E-state index >= 15 is 0 Å². The third-order valence-corrected chi connectivity index (χ3v) is 5.21. The predicted octanol–water partition coefficient (Wildman–Crippen LogP) is 3.00. The summed E-state index contributed by atoms with van der Waals surface area (Å²) in [6.45, 7) is 1.85. The van der Waals surface area contributed by atoms with Crippen molar-refractivity contribution in [1.29, 1.82) is 0 Å². The highest BCUT2D eigenvalue weighted by Crippen LogP contribution is 2.35. The fourth-order valence-electron chi connectivity index (χ4n) is 3.83. The average Bonchev–Trinajstić information content (AvgIpc) is 3.11. The largest absolute Gasteiger partial charge is 0.494 e. The van der Waals surface area contributed by atoms with Gasteiger partial charge in [-0.3, -0.25) is 9.89 Å². The third-order valence-electron chi connectivity index (χ3n) is 5.21. The molecule has 1 aromatic carbocycles. The monoisotopic (exact) mass is 359 g/mol. The first-order valence-corrected chi connectivity index (χ1v) is 8.97. The van der Waals surface area contributed by atoms with Crippen LogP contribution >= 0.6 is 0 Å². The van der Waals surface area contributed by atoms with Crippen LogP contribution in [0.1, 0.15) is 52.6 Å². The van der Waals surface area contributed by atoms with E-state index in [-0.39, 0.29) is 17.7 Å². The first-order valence-electron chi connectivity index (χ1n) is 8.97. The number of methoxy groups -OCH3 is 1. The molecule has 0 spiro atoms. The molecule has 6 nitrogen and oxygen atoms in total. The van der Waals surface area contributed by atoms with Crippen LogP contribution in [0.15, 0.2) is 18.2 Å². The molecule has 0 aliphatic carbocycles. The topological polar surface area (TPSA) is 67.5 Å². The Hall–Kier alpha value is -2.41. The number of aromatic nitrogens is 2. The molecule has 26 heavy (non-hydrogen) atoms. The summed E-state index contributed by atoms with van der Waals surface area (Å²) in [5, 5.41) is 7.60. The zero-order valence-corrected chi connectivity index (χ0v) is 14.8. The molecule has 1 fully saturated rings. The van der Waals surface area contributed by atoms with Gasteiger partial charge in [-0.25, -0.2) is 4.39 Å². The van der Waals surface area contributed by atoms with Gasteiger partial charge < -0.3 is 14.4 Å². The lowest BCUT2D eigenvalue weighted by molar-refractivity contribution is 0.0596. The van der Waals surface area contributed by atoms with Gasteiger partial charge in [0, 0.05) is 29.8 Å². The molecule has 1 aromatic heterocycles. The summed E-state index contributed by atoms with van der Waals surface area (Å²) in [6.07, 6.45) is 3.63. The van der Waals surface area contributed by atoms with Crippen molar-refractivity contribution in [1.82, 2.24) is 15.1 Å². The van der Waals surface area contributed by atoms with E-state index in [4.69, 9.17) is 9.47 Å². The number of aromatic amines is 1. The van der Waals surface area contributed by atoms with E-state index in [1.165, 1.54) is 19.2 Å². The Morgan fingerprint density at radius 3 is 3.12 bits per heavy atom. The van der Waals surface area contributed by atoms with Gasteiger partial charge in [0.15, 0.2) is 11.6 Å². The molecule has 2 aliphatic heterocycles. The Morgan fingerprint density at radius 1 is 1.42 bits per heavy atom. The van der Waals surface area contributed by atoms with Crippen LogP contribution in [-0.4, -0.2) is 41.3 Å². The number of carbonyl (C=O) groups excluding carboxylic acids is 1. The molecule has 1 amide bonds. The number of hydrogen-bond acceptors (Lipinski definition) is 4. The predicted molar refractivity (Wildman–Crippen MR) is 92.5 cm³/mol. The van der Waals surface area contributed by atoms with Crippen molar-refractivity contribution in [2.45, 2.75) is 38.3 Å². The highest BCUT2D eigenvalue weighted by Gasteiger charge is 2.33. The van der Waals surface area contributed by atoms with E-state index in [2.05, 4.69) is 10.2 Å². The molecule has 4 rings (SSSR count). The lowest BCUT2D eigenvalue weighted by atomic mass is 9.94. The van der Waals surface area contributed by atoms with Gasteiger partial charge in [0.05, 0.1) is 32.1 Å². The summed E-state index contributed by atoms with van der Waals surface area (Å²) >= 11 is 0. The van der Waals surface area contributed by atoms with Gasteiger partial charge in [-0.05, 0) is 37.5 Å². The van der Waals surface area contributed by atoms with Crippen LogP contribution in [0.5, 0.6) is 5.75 Å². The molecule has 1 saturated heterocycles. The molecule has 1 N–H and O–H groups in total. The molecule has 138 valence electrons. The molecule has 2 aliphatic rings. The summed E-state index contributed by atoms with van der Waals surface area (Å²) in [7, 11) is 1.41. The molecule has 0 saturated carbocycles. The number of nitrogens with one attached hydrogen (secondary N) is 1. The second kappa shape index (κ2) is 7.07. The van der Waals surface area contributed by atoms with E-state index in [1.807, 2.05) is 4.90 Å². The SMILES string of the molecule is COc1ccc(C(=O)N2CCCCC2c2n[nH]c3c2COCC3)cc1F. The summed E-state index contributed by atoms with van der Waals surface area (Å²) in [5.74, 6) is -0.572. The fourth-order valence-corrected chi connectivity index (χ4v) is 3.83. The normalized spacial score (nSPS) is 19.9. The molecule has 2 aromatic rings. The standard InChI is InChI=1S/C19H22FN3O3/c1-25-17-6-5-12(10-14(17)20)19(24)23-8-3-2-4-16(23)18-13-11-26-9-7-15(13)21-22-18/h5-6,10,16H,2-4,7-9,11H2,1H3,(H,21,22). The average molecular weight is 359 g/mol. The van der Waals surface area contributed by atoms with Crippen LogP contribution in [0.25, 0.3) is 0 Å². The van der Waals surface area contributed by atoms with Crippen molar-refractivity contribution in [3.63, 3.8) is 0 Å². The lowest BCUT2D eigenvalue weighted by Gasteiger charge is -2.35. The minimum atomic E-state index is -0.530. The zero-order valence-electron chi connectivity index (χ0n) is 14.8. The minimum Gasteiger partial charge on any atom is -0.494 e. The molecular formula is C19H22FN3O3. The van der Waals surface area contributed by atoms with Gasteiger partial charge in [0.2, 0.25) is 0 Å². The Balaban J connectivity index is 1.64. The minimum absolute atomic E-state index is 0.108. The highest BCUT2D eigenvalue weighted by atomic mass is 19.1. The van der Waals surface area contributed by atoms with Gasteiger partial charge in [0.25, 0.3) is 5.91 Å². The summed E-state index contributed by atoms with van der Waals surface area (Å²) in [6, 6.07) is 4.24. The van der Waals surface area contributed by atoms with E-state index in [1.54, 1.807) is 6.07 Å². The number of hydrogen-bond donors (Lipinski definition) is 1. The van der Waals surface area contributed by atoms with Crippen LogP contribution in [0.2, 0.25) is 0 Å². The number of fused-ring (bicyclic) bond motifs is 1. The molecule has 0 radical (unpaired) electrons. The molecule has 3 heterocycles. The highest BCUT2D eigenvalue weighted by molar-refractivity contribution is 5.94. The molecule has 0 bridgehead atoms. The zero-order chi connectivity index (χ0) is 18.1. The van der Waals surface area contributed by atoms with Crippen molar-refractivity contribution in [2.24, 2.45) is 0 Å². The van der Waals surface area contributed by atoms with Gasteiger partial charge >= 0.3 is 0 Å². The molecule has 7 heteroatoms. The Kier molecular flexibility index (Phi) is 4.63. The molecule has 1 unspecified atom stereocenters. The number of H-pyrrole nitrogens is 1. The van der Waals surface area contributed by atoms with E-state index in [9.17, 15) is 9.18 Å². The molecular weight excluding hydrogens is 337 g/mol. The number of ether oxygens (including phenoxy) is 2. The van der Waals surface area contributed by atoms with Crippen molar-refractivity contribution < 1.29 is 18.7 Å². The summed E-state index contributed by atoms with van der Waals surface area (Å²) in [4.78, 5) is 14.9. The first-order chi connectivity index (χ1) is 12.7. The smallest absolute Gasteiger partial charge is 0.254 e. The summed E-state index contributed by atoms with van der Waals surface area (Å²) < 4.78 is 24.6. The number of piperidine rings is 1. The van der Waals surface area contributed by atoms with Crippen molar-refractivity contribution in [2.75, 3.05) is 20.3 Å². The second-order valence-corrected chi connectivity index (χ2v) is 6.73. The van der Waals surface area contributed by atoms with Crippen molar-refractivity contribution >= 4 is 5.91 Å². The van der Waals surface area contributed by atoms with E-state index in [0.717, 1.165) is 42.6 Å². The van der Waals surface area contributed by atoms with Crippen LogP contribution < -0.4 is 4.74 Å². The quantitative estimate of drug-likeness (QED) is 0.915. The maximum Gasteiger partial charge on any atom is 0.254 e. The van der Waals surface area contributed by atoms with Crippen LogP contribution in [0, 0.1) is 5.82 Å². The number of carbonyl (C=O) groups is 1. The fraction of sp³-hybridized carbons (Fsp3) is 0.474. The number of likely N-dealkylation sites (tertiary alicyclic amines) is 1. The Labute approximate surface area is 151 Å². The van der Waals surface area contributed by atoms with E-state index < -0.39 is 5.82 Å². The Morgan fingerprint density at radius 2 is 2.31 bits per heavy atom. The maximum atomic E-state index is 14.0. The van der Waals surface area contributed by atoms with Gasteiger partial charge in [-0.1, -0.05) is 0 Å². The van der Waals surface area contributed by atoms with Crippen LogP contribution in [0.4, 0.5) is 4.39 Å². The van der Waals surface area contributed by atoms with Crippen molar-refractivity contribution in [3.8, 4) is 5.75 Å². The van der Waals surface area contributed by atoms with Gasteiger partial charge in [0.1, 0.15) is 0 Å². The van der Waals surface area contributed by atoms with Crippen LogP contribution in [-0.2, 0) is 17.8 Å².